The molecule has 0 aliphatic rings. The van der Waals surface area contributed by atoms with Crippen molar-refractivity contribution in [3.8, 4) is 0 Å². The molecule has 2 rings (SSSR count). The van der Waals surface area contributed by atoms with Crippen molar-refractivity contribution in [2.24, 2.45) is 5.92 Å². The summed E-state index contributed by atoms with van der Waals surface area (Å²) in [4.78, 5) is 35.2. The number of benzene rings is 2. The van der Waals surface area contributed by atoms with Crippen LogP contribution in [-0.4, -0.2) is 22.8 Å². The Kier molecular flexibility index (Phi) is 7.05. The third-order valence-electron chi connectivity index (χ3n) is 4.00. The van der Waals surface area contributed by atoms with Crippen LogP contribution in [0.3, 0.4) is 0 Å². The van der Waals surface area contributed by atoms with Gasteiger partial charge in [-0.05, 0) is 17.5 Å². The summed E-state index contributed by atoms with van der Waals surface area (Å²) in [6.07, 6.45) is 0.154. The third kappa shape index (κ3) is 5.91. The maximum absolute atomic E-state index is 12.4. The molecule has 1 atom stereocenters. The first-order chi connectivity index (χ1) is 12.9. The van der Waals surface area contributed by atoms with Crippen molar-refractivity contribution >= 4 is 17.6 Å². The van der Waals surface area contributed by atoms with E-state index in [0.29, 0.717) is 5.56 Å². The lowest BCUT2D eigenvalue weighted by Crippen LogP contribution is -2.45. The summed E-state index contributed by atoms with van der Waals surface area (Å²) in [7, 11) is 0. The number of carbonyl (C=O) groups excluding carboxylic acids is 2. The molecule has 1 amide bonds. The predicted octanol–water partition coefficient (Wildman–Crippen LogP) is 3.02. The van der Waals surface area contributed by atoms with Crippen LogP contribution >= 0.6 is 0 Å². The van der Waals surface area contributed by atoms with Crippen LogP contribution in [0.25, 0.3) is 0 Å². The minimum Gasteiger partial charge on any atom is -0.459 e. The molecule has 27 heavy (non-hydrogen) atoms. The lowest BCUT2D eigenvalue weighted by atomic mass is 10.0. The van der Waals surface area contributed by atoms with Crippen LogP contribution in [-0.2, 0) is 27.4 Å². The van der Waals surface area contributed by atoms with E-state index in [2.05, 4.69) is 5.32 Å². The smallest absolute Gasteiger partial charge is 0.329 e. The molecular formula is C20H22N2O5. The van der Waals surface area contributed by atoms with Gasteiger partial charge in [-0.1, -0.05) is 56.3 Å². The first kappa shape index (κ1) is 20.1. The van der Waals surface area contributed by atoms with Crippen molar-refractivity contribution in [1.29, 1.82) is 0 Å². The zero-order valence-corrected chi connectivity index (χ0v) is 15.3. The molecule has 1 N–H and O–H groups in total. The summed E-state index contributed by atoms with van der Waals surface area (Å²) >= 11 is 0. The Labute approximate surface area is 157 Å². The third-order valence-corrected chi connectivity index (χ3v) is 4.00. The van der Waals surface area contributed by atoms with Crippen LogP contribution in [0, 0.1) is 16.0 Å². The number of nitro groups is 1. The normalized spacial score (nSPS) is 11.7. The van der Waals surface area contributed by atoms with Crippen molar-refractivity contribution < 1.29 is 19.2 Å². The van der Waals surface area contributed by atoms with Gasteiger partial charge in [-0.3, -0.25) is 14.9 Å². The SMILES string of the molecule is CC(C)[C@H](NC(=O)Cc1ccccc1)C(=O)OCc1ccccc1[N+](=O)[O-]. The fourth-order valence-corrected chi connectivity index (χ4v) is 2.55. The number of para-hydroxylation sites is 1. The highest BCUT2D eigenvalue weighted by Crippen LogP contribution is 2.19. The van der Waals surface area contributed by atoms with Gasteiger partial charge >= 0.3 is 5.97 Å². The molecule has 2 aromatic rings. The number of carbonyl (C=O) groups is 2. The number of rotatable bonds is 8. The van der Waals surface area contributed by atoms with Gasteiger partial charge in [0.15, 0.2) is 0 Å². The average molecular weight is 370 g/mol. The van der Waals surface area contributed by atoms with Gasteiger partial charge in [0.05, 0.1) is 16.9 Å². The van der Waals surface area contributed by atoms with Crippen molar-refractivity contribution in [1.82, 2.24) is 5.32 Å². The molecule has 0 aliphatic carbocycles. The van der Waals surface area contributed by atoms with E-state index in [1.165, 1.54) is 12.1 Å². The largest absolute Gasteiger partial charge is 0.459 e. The maximum Gasteiger partial charge on any atom is 0.329 e. The van der Waals surface area contributed by atoms with Gasteiger partial charge < -0.3 is 10.1 Å². The molecule has 0 aliphatic heterocycles. The maximum atomic E-state index is 12.4. The Bertz CT molecular complexity index is 805. The summed E-state index contributed by atoms with van der Waals surface area (Å²) < 4.78 is 5.24. The van der Waals surface area contributed by atoms with E-state index in [1.807, 2.05) is 30.3 Å². The molecule has 0 radical (unpaired) electrons. The highest BCUT2D eigenvalue weighted by molar-refractivity contribution is 5.85. The van der Waals surface area contributed by atoms with Crippen molar-refractivity contribution in [3.05, 3.63) is 75.8 Å². The molecule has 0 aromatic heterocycles. The fraction of sp³-hybridized carbons (Fsp3) is 0.300. The second kappa shape index (κ2) is 9.47. The van der Waals surface area contributed by atoms with Crippen LogP contribution in [0.5, 0.6) is 0 Å². The molecular weight excluding hydrogens is 348 g/mol. The monoisotopic (exact) mass is 370 g/mol. The first-order valence-corrected chi connectivity index (χ1v) is 8.60. The lowest BCUT2D eigenvalue weighted by Gasteiger charge is -2.21. The van der Waals surface area contributed by atoms with E-state index < -0.39 is 16.9 Å². The van der Waals surface area contributed by atoms with Crippen molar-refractivity contribution in [3.63, 3.8) is 0 Å². The number of nitrogens with zero attached hydrogens (tertiary/aromatic N) is 1. The van der Waals surface area contributed by atoms with Gasteiger partial charge in [0.1, 0.15) is 12.6 Å². The number of amides is 1. The molecule has 0 saturated heterocycles. The van der Waals surface area contributed by atoms with E-state index >= 15 is 0 Å². The van der Waals surface area contributed by atoms with E-state index in [9.17, 15) is 19.7 Å². The molecule has 0 unspecified atom stereocenters. The lowest BCUT2D eigenvalue weighted by molar-refractivity contribution is -0.385. The van der Waals surface area contributed by atoms with Gasteiger partial charge in [0.2, 0.25) is 5.91 Å². The van der Waals surface area contributed by atoms with Crippen LogP contribution in [0.1, 0.15) is 25.0 Å². The average Bonchev–Trinajstić information content (AvgIpc) is 2.65. The van der Waals surface area contributed by atoms with E-state index in [0.717, 1.165) is 5.56 Å². The quantitative estimate of drug-likeness (QED) is 0.437. The zero-order chi connectivity index (χ0) is 19.8. The Hall–Kier alpha value is -3.22. The van der Waals surface area contributed by atoms with Crippen LogP contribution in [0.2, 0.25) is 0 Å². The van der Waals surface area contributed by atoms with Crippen molar-refractivity contribution in [2.75, 3.05) is 0 Å². The van der Waals surface area contributed by atoms with Crippen LogP contribution in [0.15, 0.2) is 54.6 Å². The number of hydrogen-bond donors (Lipinski definition) is 1. The summed E-state index contributed by atoms with van der Waals surface area (Å²) in [6.45, 7) is 3.35. The number of hydrogen-bond acceptors (Lipinski definition) is 5. The molecule has 0 spiro atoms. The molecule has 2 aromatic carbocycles. The Morgan fingerprint density at radius 2 is 1.70 bits per heavy atom. The van der Waals surface area contributed by atoms with Crippen molar-refractivity contribution in [2.45, 2.75) is 32.9 Å². The van der Waals surface area contributed by atoms with Crippen LogP contribution in [0.4, 0.5) is 5.69 Å². The number of nitro benzene ring substituents is 1. The molecule has 7 heteroatoms. The van der Waals surface area contributed by atoms with E-state index in [4.69, 9.17) is 4.74 Å². The summed E-state index contributed by atoms with van der Waals surface area (Å²) in [5.74, 6) is -1.10. The fourth-order valence-electron chi connectivity index (χ4n) is 2.55. The second-order valence-corrected chi connectivity index (χ2v) is 6.45. The Morgan fingerprint density at radius 1 is 1.07 bits per heavy atom. The van der Waals surface area contributed by atoms with Gasteiger partial charge in [0.25, 0.3) is 5.69 Å². The number of ether oxygens (including phenoxy) is 1. The van der Waals surface area contributed by atoms with Gasteiger partial charge in [-0.15, -0.1) is 0 Å². The minimum atomic E-state index is -0.830. The predicted molar refractivity (Wildman–Crippen MR) is 99.8 cm³/mol. The van der Waals surface area contributed by atoms with Crippen LogP contribution < -0.4 is 5.32 Å². The van der Waals surface area contributed by atoms with E-state index in [-0.39, 0.29) is 30.5 Å². The number of nitrogens with one attached hydrogen (secondary N) is 1. The Morgan fingerprint density at radius 3 is 2.33 bits per heavy atom. The minimum absolute atomic E-state index is 0.112. The van der Waals surface area contributed by atoms with Gasteiger partial charge in [0, 0.05) is 6.07 Å². The molecule has 142 valence electrons. The standard InChI is InChI=1S/C20H22N2O5/c1-14(2)19(21-18(23)12-15-8-4-3-5-9-15)20(24)27-13-16-10-6-7-11-17(16)22(25)26/h3-11,14,19H,12-13H2,1-2H3,(H,21,23)/t19-/m0/s1. The molecule has 0 bridgehead atoms. The summed E-state index contributed by atoms with van der Waals surface area (Å²) in [5, 5.41) is 13.7. The molecule has 0 heterocycles. The summed E-state index contributed by atoms with van der Waals surface area (Å²) in [5.41, 5.74) is 1.03. The van der Waals surface area contributed by atoms with E-state index in [1.54, 1.807) is 26.0 Å². The number of esters is 1. The summed E-state index contributed by atoms with van der Waals surface area (Å²) in [6, 6.07) is 14.4. The molecule has 0 saturated carbocycles. The van der Waals surface area contributed by atoms with Gasteiger partial charge in [-0.25, -0.2) is 4.79 Å². The topological polar surface area (TPSA) is 98.5 Å². The molecule has 7 nitrogen and oxygen atoms in total. The van der Waals surface area contributed by atoms with Gasteiger partial charge in [-0.2, -0.15) is 0 Å². The highest BCUT2D eigenvalue weighted by Gasteiger charge is 2.26. The molecule has 0 fully saturated rings. The second-order valence-electron chi connectivity index (χ2n) is 6.45. The highest BCUT2D eigenvalue weighted by atomic mass is 16.6. The first-order valence-electron chi connectivity index (χ1n) is 8.60. The Balaban J connectivity index is 1.99. The zero-order valence-electron chi connectivity index (χ0n) is 15.3.